The molecular weight excluding hydrogens is 576 g/mol. The number of aliphatic hydroxyl groups is 1. The van der Waals surface area contributed by atoms with Crippen molar-refractivity contribution in [2.75, 3.05) is 26.0 Å². The first kappa shape index (κ1) is 34.7. The molecule has 7 atom stereocenters. The average molecular weight is 631 g/mol. The van der Waals surface area contributed by atoms with Crippen molar-refractivity contribution >= 4 is 29.5 Å². The maximum Gasteiger partial charge on any atom is 0.246 e. The van der Waals surface area contributed by atoms with E-state index in [9.17, 15) is 14.4 Å². The van der Waals surface area contributed by atoms with Crippen LogP contribution in [0.5, 0.6) is 0 Å². The van der Waals surface area contributed by atoms with Gasteiger partial charge >= 0.3 is 0 Å². The molecule has 2 heterocycles. The van der Waals surface area contributed by atoms with E-state index in [0.29, 0.717) is 13.0 Å². The SMILES string of the molecule is CN[C@@H](C)C(=O)N[C@H]1CCS[C@H]2CC(C)(C)[C@@H](C(=O)N[C@H]3c4ccccc4C[C@@H](OCCCCCCCCO)[C@H]3C)N2C1=O. The van der Waals surface area contributed by atoms with Crippen molar-refractivity contribution in [1.29, 1.82) is 0 Å². The summed E-state index contributed by atoms with van der Waals surface area (Å²) in [5, 5.41) is 18.1. The number of benzene rings is 1. The lowest BCUT2D eigenvalue weighted by Crippen LogP contribution is -2.58. The van der Waals surface area contributed by atoms with Crippen LogP contribution >= 0.6 is 11.8 Å². The van der Waals surface area contributed by atoms with E-state index in [1.807, 2.05) is 12.1 Å². The van der Waals surface area contributed by atoms with Gasteiger partial charge in [-0.15, -0.1) is 11.8 Å². The fourth-order valence-corrected chi connectivity index (χ4v) is 8.59. The summed E-state index contributed by atoms with van der Waals surface area (Å²) in [7, 11) is 1.72. The molecule has 10 heteroatoms. The van der Waals surface area contributed by atoms with Crippen LogP contribution in [0.15, 0.2) is 24.3 Å². The van der Waals surface area contributed by atoms with Crippen molar-refractivity contribution in [3.05, 3.63) is 35.4 Å². The molecule has 4 rings (SSSR count). The van der Waals surface area contributed by atoms with E-state index in [-0.39, 0.29) is 47.8 Å². The van der Waals surface area contributed by atoms with Crippen LogP contribution in [0.2, 0.25) is 0 Å². The van der Waals surface area contributed by atoms with E-state index >= 15 is 0 Å². The highest BCUT2D eigenvalue weighted by Crippen LogP contribution is 2.47. The molecule has 2 fully saturated rings. The zero-order valence-corrected chi connectivity index (χ0v) is 28.1. The lowest BCUT2D eigenvalue weighted by atomic mass is 9.77. The van der Waals surface area contributed by atoms with Gasteiger partial charge in [0.1, 0.15) is 12.1 Å². The second-order valence-corrected chi connectivity index (χ2v) is 14.8. The number of fused-ring (bicyclic) bond motifs is 2. The van der Waals surface area contributed by atoms with Gasteiger partial charge in [-0.1, -0.05) is 70.7 Å². The summed E-state index contributed by atoms with van der Waals surface area (Å²) in [5.41, 5.74) is 1.88. The fourth-order valence-electron chi connectivity index (χ4n) is 7.01. The van der Waals surface area contributed by atoms with Crippen molar-refractivity contribution in [3.63, 3.8) is 0 Å². The number of hydrogen-bond acceptors (Lipinski definition) is 7. The van der Waals surface area contributed by atoms with Crippen LogP contribution in [0.4, 0.5) is 0 Å². The molecule has 9 nitrogen and oxygen atoms in total. The topological polar surface area (TPSA) is 120 Å². The standard InChI is InChI=1S/C34H54N4O5S/c1-22-27(43-18-13-9-7-6-8-12-17-39)20-24-14-10-11-15-25(24)29(22)37-32(41)30-34(3,4)21-28-38(30)33(42)26(16-19-44-28)36-31(40)23(2)35-5/h10-11,14-15,22-23,26-30,35,39H,6-9,12-13,16-21H2,1-5H3,(H,36,40)(H,37,41)/t22-,23+,26+,27-,28+,29-,30-/m1/s1. The maximum absolute atomic E-state index is 14.3. The Hall–Kier alpha value is -2.14. The number of rotatable bonds is 14. The van der Waals surface area contributed by atoms with Gasteiger partial charge in [-0.05, 0) is 68.4 Å². The molecule has 246 valence electrons. The number of unbranched alkanes of at least 4 members (excludes halogenated alkanes) is 5. The number of carbonyl (C=O) groups is 3. The molecule has 0 aromatic heterocycles. The van der Waals surface area contributed by atoms with Crippen LogP contribution in [0.25, 0.3) is 0 Å². The van der Waals surface area contributed by atoms with E-state index < -0.39 is 23.5 Å². The van der Waals surface area contributed by atoms with Crippen molar-refractivity contribution in [3.8, 4) is 0 Å². The number of carbonyl (C=O) groups excluding carboxylic acids is 3. The molecule has 3 amide bonds. The van der Waals surface area contributed by atoms with E-state index in [0.717, 1.165) is 62.7 Å². The Labute approximate surface area is 268 Å². The van der Waals surface area contributed by atoms with E-state index in [1.165, 1.54) is 5.56 Å². The quantitative estimate of drug-likeness (QED) is 0.230. The van der Waals surface area contributed by atoms with Crippen LogP contribution in [0.3, 0.4) is 0 Å². The van der Waals surface area contributed by atoms with E-state index in [1.54, 1.807) is 30.6 Å². The highest BCUT2D eigenvalue weighted by atomic mass is 32.2. The average Bonchev–Trinajstić information content (AvgIpc) is 3.20. The zero-order chi connectivity index (χ0) is 31.9. The Morgan fingerprint density at radius 1 is 1.11 bits per heavy atom. The largest absolute Gasteiger partial charge is 0.396 e. The van der Waals surface area contributed by atoms with Crippen molar-refractivity contribution < 1.29 is 24.2 Å². The van der Waals surface area contributed by atoms with Crippen LogP contribution in [0.1, 0.15) is 96.2 Å². The Balaban J connectivity index is 1.47. The molecule has 4 N–H and O–H groups in total. The third-order valence-corrected chi connectivity index (χ3v) is 11.0. The molecule has 1 aromatic carbocycles. The van der Waals surface area contributed by atoms with Gasteiger partial charge < -0.3 is 30.7 Å². The van der Waals surface area contributed by atoms with Gasteiger partial charge in [-0.2, -0.15) is 0 Å². The Morgan fingerprint density at radius 2 is 1.82 bits per heavy atom. The van der Waals surface area contributed by atoms with Gasteiger partial charge in [0, 0.05) is 19.1 Å². The number of ether oxygens (including phenoxy) is 1. The fraction of sp³-hybridized carbons (Fsp3) is 0.735. The van der Waals surface area contributed by atoms with Crippen molar-refractivity contribution in [2.45, 2.75) is 121 Å². The first-order chi connectivity index (χ1) is 21.1. The third-order valence-electron chi connectivity index (χ3n) is 9.80. The predicted molar refractivity (Wildman–Crippen MR) is 175 cm³/mol. The minimum atomic E-state index is -0.651. The molecule has 44 heavy (non-hydrogen) atoms. The van der Waals surface area contributed by atoms with Crippen molar-refractivity contribution in [1.82, 2.24) is 20.9 Å². The number of likely N-dealkylation sites (N-methyl/N-ethyl adjacent to an activating group) is 1. The molecule has 0 spiro atoms. The van der Waals surface area contributed by atoms with E-state index in [4.69, 9.17) is 9.84 Å². The summed E-state index contributed by atoms with van der Waals surface area (Å²) in [4.78, 5) is 42.8. The molecule has 0 saturated carbocycles. The lowest BCUT2D eigenvalue weighted by Gasteiger charge is -2.40. The van der Waals surface area contributed by atoms with Crippen LogP contribution < -0.4 is 16.0 Å². The highest BCUT2D eigenvalue weighted by Gasteiger charge is 2.55. The lowest BCUT2D eigenvalue weighted by molar-refractivity contribution is -0.144. The van der Waals surface area contributed by atoms with Gasteiger partial charge in [0.2, 0.25) is 17.7 Å². The van der Waals surface area contributed by atoms with Crippen molar-refractivity contribution in [2.24, 2.45) is 11.3 Å². The summed E-state index contributed by atoms with van der Waals surface area (Å²) in [6.45, 7) is 9.03. The second kappa shape index (κ2) is 15.9. The van der Waals surface area contributed by atoms with E-state index in [2.05, 4.69) is 48.9 Å². The molecule has 0 bridgehead atoms. The minimum Gasteiger partial charge on any atom is -0.396 e. The number of thioether (sulfide) groups is 1. The Bertz CT molecular complexity index is 1130. The van der Waals surface area contributed by atoms with Gasteiger partial charge in [0.05, 0.1) is 23.6 Å². The van der Waals surface area contributed by atoms with Crippen LogP contribution in [-0.4, -0.2) is 83.3 Å². The second-order valence-electron chi connectivity index (χ2n) is 13.5. The number of amides is 3. The predicted octanol–water partition coefficient (Wildman–Crippen LogP) is 3.94. The first-order valence-corrected chi connectivity index (χ1v) is 17.7. The van der Waals surface area contributed by atoms with Gasteiger partial charge in [-0.25, -0.2) is 0 Å². The summed E-state index contributed by atoms with van der Waals surface area (Å²) in [6, 6.07) is 6.35. The summed E-state index contributed by atoms with van der Waals surface area (Å²) in [6.07, 6.45) is 8.40. The number of nitrogens with one attached hydrogen (secondary N) is 3. The minimum absolute atomic E-state index is 0.0157. The molecule has 0 radical (unpaired) electrons. The first-order valence-electron chi connectivity index (χ1n) is 16.6. The van der Waals surface area contributed by atoms with Crippen LogP contribution in [-0.2, 0) is 25.5 Å². The summed E-state index contributed by atoms with van der Waals surface area (Å²) < 4.78 is 6.45. The number of nitrogens with zero attached hydrogens (tertiary/aromatic N) is 1. The summed E-state index contributed by atoms with van der Waals surface area (Å²) >= 11 is 1.71. The zero-order valence-electron chi connectivity index (χ0n) is 27.3. The van der Waals surface area contributed by atoms with Gasteiger partial charge in [0.15, 0.2) is 0 Å². The normalized spacial score (nSPS) is 28.5. The molecule has 1 aromatic rings. The molecule has 2 saturated heterocycles. The monoisotopic (exact) mass is 630 g/mol. The molecule has 3 aliphatic rings. The number of hydrogen-bond donors (Lipinski definition) is 4. The highest BCUT2D eigenvalue weighted by molar-refractivity contribution is 7.99. The summed E-state index contributed by atoms with van der Waals surface area (Å²) in [5.74, 6) is 0.275. The Morgan fingerprint density at radius 3 is 2.55 bits per heavy atom. The molecule has 0 unspecified atom stereocenters. The van der Waals surface area contributed by atoms with Gasteiger partial charge in [0.25, 0.3) is 0 Å². The maximum atomic E-state index is 14.3. The smallest absolute Gasteiger partial charge is 0.246 e. The number of aliphatic hydroxyl groups excluding tert-OH is 1. The molecule has 1 aliphatic carbocycles. The van der Waals surface area contributed by atoms with Crippen LogP contribution in [0, 0.1) is 11.3 Å². The molecule has 2 aliphatic heterocycles. The Kier molecular flexibility index (Phi) is 12.6. The van der Waals surface area contributed by atoms with Gasteiger partial charge in [-0.3, -0.25) is 14.4 Å². The third kappa shape index (κ3) is 8.17. The molecular formula is C34H54N4O5S.